The minimum absolute atomic E-state index is 0.159. The number of benzene rings is 1. The van der Waals surface area contributed by atoms with Crippen LogP contribution in [0.2, 0.25) is 0 Å². The summed E-state index contributed by atoms with van der Waals surface area (Å²) in [5, 5.41) is 9.36. The maximum Gasteiger partial charge on any atom is 0.340 e. The van der Waals surface area contributed by atoms with Crippen LogP contribution >= 0.6 is 11.8 Å². The van der Waals surface area contributed by atoms with E-state index >= 15 is 0 Å². The fraction of sp³-hybridized carbons (Fsp3) is 0.533. The third-order valence-electron chi connectivity index (χ3n) is 3.68. The summed E-state index contributed by atoms with van der Waals surface area (Å²) in [5.41, 5.74) is 0.300. The van der Waals surface area contributed by atoms with Crippen LogP contribution in [0.1, 0.15) is 43.0 Å². The summed E-state index contributed by atoms with van der Waals surface area (Å²) in [4.78, 5) is 12.2. The molecule has 1 aliphatic carbocycles. The molecule has 0 amide bonds. The molecule has 1 aromatic carbocycles. The second-order valence-electron chi connectivity index (χ2n) is 5.14. The van der Waals surface area contributed by atoms with Gasteiger partial charge < -0.3 is 9.84 Å². The predicted molar refractivity (Wildman–Crippen MR) is 77.2 cm³/mol. The molecule has 0 radical (unpaired) electrons. The molecule has 0 spiro atoms. The average molecular weight is 280 g/mol. The maximum absolute atomic E-state index is 11.4. The van der Waals surface area contributed by atoms with E-state index in [2.05, 4.69) is 6.92 Å². The Balaban J connectivity index is 2.17. The van der Waals surface area contributed by atoms with E-state index in [1.807, 2.05) is 18.4 Å². The molecule has 104 valence electrons. The van der Waals surface area contributed by atoms with Crippen LogP contribution in [-0.4, -0.2) is 23.4 Å². The molecule has 1 aromatic rings. The first-order valence-electron chi connectivity index (χ1n) is 6.68. The Morgan fingerprint density at radius 3 is 2.58 bits per heavy atom. The smallest absolute Gasteiger partial charge is 0.340 e. The Labute approximate surface area is 118 Å². The van der Waals surface area contributed by atoms with Crippen LogP contribution in [0.3, 0.4) is 0 Å². The Hall–Kier alpha value is -1.16. The molecular weight excluding hydrogens is 260 g/mol. The minimum Gasteiger partial charge on any atom is -0.489 e. The van der Waals surface area contributed by atoms with Crippen LogP contribution in [0.25, 0.3) is 0 Å². The number of thioether (sulfide) groups is 1. The van der Waals surface area contributed by atoms with E-state index in [0.717, 1.165) is 36.5 Å². The van der Waals surface area contributed by atoms with Crippen molar-refractivity contribution in [1.29, 1.82) is 0 Å². The number of carboxylic acid groups (broad SMARTS) is 1. The van der Waals surface area contributed by atoms with Gasteiger partial charge in [-0.3, -0.25) is 0 Å². The van der Waals surface area contributed by atoms with Gasteiger partial charge in [0.1, 0.15) is 11.3 Å². The van der Waals surface area contributed by atoms with Crippen molar-refractivity contribution in [2.24, 2.45) is 5.92 Å². The monoisotopic (exact) mass is 280 g/mol. The van der Waals surface area contributed by atoms with Gasteiger partial charge in [0, 0.05) is 4.90 Å². The van der Waals surface area contributed by atoms with E-state index in [1.165, 1.54) is 11.8 Å². The minimum atomic E-state index is -0.913. The van der Waals surface area contributed by atoms with Crippen LogP contribution in [0.4, 0.5) is 0 Å². The topological polar surface area (TPSA) is 46.5 Å². The Bertz CT molecular complexity index is 451. The average Bonchev–Trinajstić information content (AvgIpc) is 2.40. The van der Waals surface area contributed by atoms with Crippen LogP contribution in [-0.2, 0) is 0 Å². The number of aromatic carboxylic acids is 1. The van der Waals surface area contributed by atoms with E-state index in [-0.39, 0.29) is 6.10 Å². The van der Waals surface area contributed by atoms with Crippen molar-refractivity contribution < 1.29 is 14.6 Å². The summed E-state index contributed by atoms with van der Waals surface area (Å²) in [5.74, 6) is 0.361. The van der Waals surface area contributed by atoms with Gasteiger partial charge in [0.2, 0.25) is 0 Å². The summed E-state index contributed by atoms with van der Waals surface area (Å²) in [6.07, 6.45) is 6.40. The van der Waals surface area contributed by atoms with Gasteiger partial charge in [-0.25, -0.2) is 4.79 Å². The van der Waals surface area contributed by atoms with Crippen molar-refractivity contribution in [3.8, 4) is 5.75 Å². The molecule has 1 fully saturated rings. The Kier molecular flexibility index (Phi) is 4.75. The maximum atomic E-state index is 11.4. The van der Waals surface area contributed by atoms with Gasteiger partial charge in [-0.15, -0.1) is 11.8 Å². The van der Waals surface area contributed by atoms with Crippen molar-refractivity contribution in [3.63, 3.8) is 0 Å². The molecule has 0 atom stereocenters. The zero-order valence-electron chi connectivity index (χ0n) is 11.4. The predicted octanol–water partition coefficient (Wildman–Crippen LogP) is 4.06. The molecule has 4 heteroatoms. The second-order valence-corrected chi connectivity index (χ2v) is 5.99. The highest BCUT2D eigenvalue weighted by atomic mass is 32.2. The number of ether oxygens (including phenoxy) is 1. The lowest BCUT2D eigenvalue weighted by atomic mass is 9.89. The van der Waals surface area contributed by atoms with E-state index in [4.69, 9.17) is 4.74 Å². The van der Waals surface area contributed by atoms with Crippen molar-refractivity contribution in [1.82, 2.24) is 0 Å². The van der Waals surface area contributed by atoms with Gasteiger partial charge in [-0.2, -0.15) is 0 Å². The van der Waals surface area contributed by atoms with Crippen LogP contribution in [0.15, 0.2) is 23.1 Å². The first kappa shape index (κ1) is 14.3. The highest BCUT2D eigenvalue weighted by Gasteiger charge is 2.23. The zero-order valence-corrected chi connectivity index (χ0v) is 12.2. The largest absolute Gasteiger partial charge is 0.489 e. The number of hydrogen-bond acceptors (Lipinski definition) is 3. The van der Waals surface area contributed by atoms with Crippen molar-refractivity contribution in [3.05, 3.63) is 23.8 Å². The first-order chi connectivity index (χ1) is 9.11. The van der Waals surface area contributed by atoms with Crippen LogP contribution in [0.5, 0.6) is 5.75 Å². The Morgan fingerprint density at radius 1 is 1.32 bits per heavy atom. The van der Waals surface area contributed by atoms with Gasteiger partial charge in [-0.1, -0.05) is 13.0 Å². The number of carbonyl (C=O) groups is 1. The molecule has 0 bridgehead atoms. The Morgan fingerprint density at radius 2 is 2.00 bits per heavy atom. The standard InChI is InChI=1S/C15H20O3S/c1-10-6-8-11(9-7-10)18-12-4-3-5-13(19-2)14(12)15(16)17/h3-5,10-11H,6-9H2,1-2H3,(H,16,17). The summed E-state index contributed by atoms with van der Waals surface area (Å²) < 4.78 is 5.94. The van der Waals surface area contributed by atoms with E-state index in [0.29, 0.717) is 11.3 Å². The zero-order chi connectivity index (χ0) is 13.8. The SMILES string of the molecule is CSc1cccc(OC2CCC(C)CC2)c1C(=O)O. The lowest BCUT2D eigenvalue weighted by Crippen LogP contribution is -2.24. The fourth-order valence-electron chi connectivity index (χ4n) is 2.52. The third-order valence-corrected chi connectivity index (χ3v) is 4.46. The molecule has 0 heterocycles. The lowest BCUT2D eigenvalue weighted by molar-refractivity contribution is 0.0679. The molecule has 0 saturated heterocycles. The highest BCUT2D eigenvalue weighted by Crippen LogP contribution is 2.32. The molecule has 2 rings (SSSR count). The molecular formula is C15H20O3S. The van der Waals surface area contributed by atoms with Crippen molar-refractivity contribution in [2.45, 2.75) is 43.6 Å². The quantitative estimate of drug-likeness (QED) is 0.845. The molecule has 19 heavy (non-hydrogen) atoms. The molecule has 1 N–H and O–H groups in total. The van der Waals surface area contributed by atoms with Crippen LogP contribution < -0.4 is 4.74 Å². The second kappa shape index (κ2) is 6.33. The molecule has 0 aromatic heterocycles. The summed E-state index contributed by atoms with van der Waals surface area (Å²) in [6, 6.07) is 5.45. The van der Waals surface area contributed by atoms with Gasteiger partial charge in [0.25, 0.3) is 0 Å². The molecule has 0 unspecified atom stereocenters. The molecule has 3 nitrogen and oxygen atoms in total. The van der Waals surface area contributed by atoms with E-state index in [9.17, 15) is 9.90 Å². The van der Waals surface area contributed by atoms with E-state index in [1.54, 1.807) is 6.07 Å². The van der Waals surface area contributed by atoms with Crippen molar-refractivity contribution >= 4 is 17.7 Å². The number of carboxylic acids is 1. The molecule has 1 aliphatic rings. The molecule has 1 saturated carbocycles. The molecule has 0 aliphatic heterocycles. The summed E-state index contributed by atoms with van der Waals surface area (Å²) >= 11 is 1.44. The number of hydrogen-bond donors (Lipinski definition) is 1. The van der Waals surface area contributed by atoms with Gasteiger partial charge in [-0.05, 0) is 50.0 Å². The number of rotatable bonds is 4. The van der Waals surface area contributed by atoms with Crippen molar-refractivity contribution in [2.75, 3.05) is 6.26 Å². The summed E-state index contributed by atoms with van der Waals surface area (Å²) in [7, 11) is 0. The van der Waals surface area contributed by atoms with Crippen LogP contribution in [0, 0.1) is 5.92 Å². The van der Waals surface area contributed by atoms with E-state index < -0.39 is 5.97 Å². The third kappa shape index (κ3) is 3.44. The normalized spacial score (nSPS) is 23.1. The highest BCUT2D eigenvalue weighted by molar-refractivity contribution is 7.98. The summed E-state index contributed by atoms with van der Waals surface area (Å²) in [6.45, 7) is 2.26. The van der Waals surface area contributed by atoms with Gasteiger partial charge >= 0.3 is 5.97 Å². The van der Waals surface area contributed by atoms with Gasteiger partial charge in [0.05, 0.1) is 6.10 Å². The van der Waals surface area contributed by atoms with Gasteiger partial charge in [0.15, 0.2) is 0 Å². The first-order valence-corrected chi connectivity index (χ1v) is 7.91. The lowest BCUT2D eigenvalue weighted by Gasteiger charge is -2.27. The fourth-order valence-corrected chi connectivity index (χ4v) is 3.12.